The molecule has 0 N–H and O–H groups in total. The highest BCUT2D eigenvalue weighted by molar-refractivity contribution is 5.59. The Morgan fingerprint density at radius 1 is 1.33 bits per heavy atom. The highest BCUT2D eigenvalue weighted by Gasteiger charge is 2.05. The summed E-state index contributed by atoms with van der Waals surface area (Å²) in [7, 11) is 4.22. The van der Waals surface area contributed by atoms with E-state index in [2.05, 4.69) is 44.8 Å². The van der Waals surface area contributed by atoms with E-state index in [-0.39, 0.29) is 0 Å². The molecule has 0 aliphatic carbocycles. The Hall–Kier alpha value is -0.370. The molecule has 72 valence electrons. The second-order valence-corrected chi connectivity index (χ2v) is 3.78. The molecule has 0 aromatic heterocycles. The van der Waals surface area contributed by atoms with E-state index in [1.807, 2.05) is 6.21 Å². The zero-order valence-electron chi connectivity index (χ0n) is 9.04. The summed E-state index contributed by atoms with van der Waals surface area (Å²) in [5.41, 5.74) is 0. The van der Waals surface area contributed by atoms with Crippen LogP contribution in [0.4, 0.5) is 0 Å². The fraction of sp³-hybridized carbons (Fsp3) is 0.900. The fourth-order valence-corrected chi connectivity index (χ4v) is 1.05. The monoisotopic (exact) mass is 170 g/mol. The summed E-state index contributed by atoms with van der Waals surface area (Å²) in [6.45, 7) is 7.44. The third-order valence-corrected chi connectivity index (χ3v) is 1.92. The third kappa shape index (κ3) is 5.30. The van der Waals surface area contributed by atoms with Gasteiger partial charge >= 0.3 is 0 Å². The predicted octanol–water partition coefficient (Wildman–Crippen LogP) is 2.05. The Balaban J connectivity index is 3.72. The van der Waals surface area contributed by atoms with Gasteiger partial charge in [-0.1, -0.05) is 20.8 Å². The van der Waals surface area contributed by atoms with Gasteiger partial charge in [0.25, 0.3) is 0 Å². The maximum atomic E-state index is 4.40. The summed E-state index contributed by atoms with van der Waals surface area (Å²) < 4.78 is 0. The van der Waals surface area contributed by atoms with Gasteiger partial charge in [-0.15, -0.1) is 0 Å². The van der Waals surface area contributed by atoms with Crippen LogP contribution < -0.4 is 0 Å². The summed E-state index contributed by atoms with van der Waals surface area (Å²) in [5, 5.41) is 0. The van der Waals surface area contributed by atoms with Gasteiger partial charge in [-0.3, -0.25) is 4.99 Å². The van der Waals surface area contributed by atoms with Gasteiger partial charge < -0.3 is 4.90 Å². The SMILES string of the molecule is CCC(CN=CC(C)C)N(C)C. The van der Waals surface area contributed by atoms with Crippen molar-refractivity contribution in [1.82, 2.24) is 4.90 Å². The maximum absolute atomic E-state index is 4.40. The first-order valence-corrected chi connectivity index (χ1v) is 4.74. The number of nitrogens with zero attached hydrogens (tertiary/aromatic N) is 2. The molecule has 0 spiro atoms. The highest BCUT2D eigenvalue weighted by atomic mass is 15.1. The Morgan fingerprint density at radius 2 is 1.92 bits per heavy atom. The van der Waals surface area contributed by atoms with E-state index in [9.17, 15) is 0 Å². The lowest BCUT2D eigenvalue weighted by Gasteiger charge is -2.20. The summed E-state index contributed by atoms with van der Waals surface area (Å²) in [5.74, 6) is 0.574. The van der Waals surface area contributed by atoms with Crippen LogP contribution in [-0.2, 0) is 0 Å². The molecule has 0 aromatic carbocycles. The van der Waals surface area contributed by atoms with E-state index >= 15 is 0 Å². The molecule has 1 atom stereocenters. The first-order valence-electron chi connectivity index (χ1n) is 4.74. The van der Waals surface area contributed by atoms with Crippen LogP contribution in [0.2, 0.25) is 0 Å². The van der Waals surface area contributed by atoms with Crippen molar-refractivity contribution in [3.63, 3.8) is 0 Å². The standard InChI is InChI=1S/C10H22N2/c1-6-10(12(4)5)8-11-7-9(2)3/h7,9-10H,6,8H2,1-5H3. The van der Waals surface area contributed by atoms with Crippen LogP contribution in [0, 0.1) is 5.92 Å². The minimum Gasteiger partial charge on any atom is -0.305 e. The quantitative estimate of drug-likeness (QED) is 0.577. The summed E-state index contributed by atoms with van der Waals surface area (Å²) in [6, 6.07) is 0.597. The van der Waals surface area contributed by atoms with Crippen molar-refractivity contribution < 1.29 is 0 Å². The molecule has 2 heteroatoms. The van der Waals surface area contributed by atoms with Crippen LogP contribution in [0.15, 0.2) is 4.99 Å². The molecule has 0 fully saturated rings. The van der Waals surface area contributed by atoms with Gasteiger partial charge in [0.2, 0.25) is 0 Å². The lowest BCUT2D eigenvalue weighted by atomic mass is 10.2. The molecular weight excluding hydrogens is 148 g/mol. The van der Waals surface area contributed by atoms with Gasteiger partial charge in [-0.05, 0) is 26.4 Å². The van der Waals surface area contributed by atoms with E-state index in [4.69, 9.17) is 0 Å². The highest BCUT2D eigenvalue weighted by Crippen LogP contribution is 1.99. The first kappa shape index (κ1) is 11.6. The average molecular weight is 170 g/mol. The minimum absolute atomic E-state index is 0.574. The van der Waals surface area contributed by atoms with Crippen molar-refractivity contribution in [1.29, 1.82) is 0 Å². The van der Waals surface area contributed by atoms with Gasteiger partial charge in [0.1, 0.15) is 0 Å². The molecule has 0 saturated carbocycles. The largest absolute Gasteiger partial charge is 0.305 e. The molecule has 2 nitrogen and oxygen atoms in total. The van der Waals surface area contributed by atoms with Gasteiger partial charge in [-0.25, -0.2) is 0 Å². The van der Waals surface area contributed by atoms with E-state index < -0.39 is 0 Å². The molecule has 0 amide bonds. The van der Waals surface area contributed by atoms with E-state index in [1.54, 1.807) is 0 Å². The van der Waals surface area contributed by atoms with Crippen molar-refractivity contribution in [2.45, 2.75) is 33.2 Å². The van der Waals surface area contributed by atoms with E-state index in [0.717, 1.165) is 6.54 Å². The van der Waals surface area contributed by atoms with Crippen LogP contribution >= 0.6 is 0 Å². The molecule has 1 unspecified atom stereocenters. The lowest BCUT2D eigenvalue weighted by molar-refractivity contribution is 0.293. The third-order valence-electron chi connectivity index (χ3n) is 1.92. The minimum atomic E-state index is 0.574. The number of aliphatic imine (C=N–C) groups is 1. The second kappa shape index (κ2) is 6.18. The molecule has 0 rings (SSSR count). The zero-order valence-corrected chi connectivity index (χ0v) is 9.04. The van der Waals surface area contributed by atoms with Crippen molar-refractivity contribution in [2.24, 2.45) is 10.9 Å². The van der Waals surface area contributed by atoms with Crippen LogP contribution in [0.5, 0.6) is 0 Å². The molecule has 12 heavy (non-hydrogen) atoms. The van der Waals surface area contributed by atoms with Crippen molar-refractivity contribution in [3.05, 3.63) is 0 Å². The fourth-order valence-electron chi connectivity index (χ4n) is 1.05. The smallest absolute Gasteiger partial charge is 0.0541 e. The topological polar surface area (TPSA) is 15.6 Å². The molecule has 0 aromatic rings. The Labute approximate surface area is 76.7 Å². The number of hydrogen-bond donors (Lipinski definition) is 0. The molecule has 0 heterocycles. The molecule has 0 aliphatic rings. The lowest BCUT2D eigenvalue weighted by Crippen LogP contribution is -2.29. The van der Waals surface area contributed by atoms with Crippen molar-refractivity contribution in [3.8, 4) is 0 Å². The van der Waals surface area contributed by atoms with Crippen LogP contribution in [-0.4, -0.2) is 37.8 Å². The van der Waals surface area contributed by atoms with Gasteiger partial charge in [0.15, 0.2) is 0 Å². The molecule has 0 radical (unpaired) electrons. The number of likely N-dealkylation sites (N-methyl/N-ethyl adjacent to an activating group) is 1. The molecule has 0 aliphatic heterocycles. The molecule has 0 saturated heterocycles. The summed E-state index contributed by atoms with van der Waals surface area (Å²) in [6.07, 6.45) is 3.20. The van der Waals surface area contributed by atoms with Crippen molar-refractivity contribution in [2.75, 3.05) is 20.6 Å². The predicted molar refractivity (Wildman–Crippen MR) is 56.0 cm³/mol. The van der Waals surface area contributed by atoms with Crippen LogP contribution in [0.3, 0.4) is 0 Å². The normalized spacial score (nSPS) is 14.9. The van der Waals surface area contributed by atoms with Gasteiger partial charge in [0.05, 0.1) is 6.54 Å². The van der Waals surface area contributed by atoms with E-state index in [0.29, 0.717) is 12.0 Å². The zero-order chi connectivity index (χ0) is 9.56. The van der Waals surface area contributed by atoms with Crippen molar-refractivity contribution >= 4 is 6.21 Å². The first-order chi connectivity index (χ1) is 5.57. The Kier molecular flexibility index (Phi) is 5.99. The van der Waals surface area contributed by atoms with Gasteiger partial charge in [0, 0.05) is 12.3 Å². The van der Waals surface area contributed by atoms with Crippen LogP contribution in [0.25, 0.3) is 0 Å². The van der Waals surface area contributed by atoms with Gasteiger partial charge in [-0.2, -0.15) is 0 Å². The summed E-state index contributed by atoms with van der Waals surface area (Å²) >= 11 is 0. The molecule has 0 bridgehead atoms. The van der Waals surface area contributed by atoms with Crippen LogP contribution in [0.1, 0.15) is 27.2 Å². The second-order valence-electron chi connectivity index (χ2n) is 3.78. The maximum Gasteiger partial charge on any atom is 0.0541 e. The average Bonchev–Trinajstić information content (AvgIpc) is 1.96. The Bertz CT molecular complexity index is 128. The number of rotatable bonds is 5. The number of hydrogen-bond acceptors (Lipinski definition) is 2. The summed E-state index contributed by atoms with van der Waals surface area (Å²) in [4.78, 5) is 6.63. The molecular formula is C10H22N2. The Morgan fingerprint density at radius 3 is 2.25 bits per heavy atom. The van der Waals surface area contributed by atoms with E-state index in [1.165, 1.54) is 6.42 Å².